The monoisotopic (exact) mass is 514 g/mol. The maximum Gasteiger partial charge on any atom is 0.285 e. The highest BCUT2D eigenvalue weighted by Gasteiger charge is 2.37. The Bertz CT molecular complexity index is 1630. The first-order valence-corrected chi connectivity index (χ1v) is 13.4. The number of hydrogen-bond donors (Lipinski definition) is 0. The molecule has 0 N–H and O–H groups in total. The third-order valence-corrected chi connectivity index (χ3v) is 8.47. The van der Waals surface area contributed by atoms with Crippen LogP contribution < -0.4 is 10.5 Å². The van der Waals surface area contributed by atoms with Gasteiger partial charge < -0.3 is 4.90 Å². The van der Waals surface area contributed by atoms with Gasteiger partial charge in [-0.25, -0.2) is 19.2 Å². The average Bonchev–Trinajstić information content (AvgIpc) is 3.47. The van der Waals surface area contributed by atoms with E-state index < -0.39 is 0 Å². The second kappa shape index (κ2) is 9.62. The first-order valence-electron chi connectivity index (χ1n) is 12.5. The van der Waals surface area contributed by atoms with Crippen LogP contribution in [-0.2, 0) is 13.5 Å². The zero-order valence-corrected chi connectivity index (χ0v) is 22.6. The van der Waals surface area contributed by atoms with Gasteiger partial charge in [0.25, 0.3) is 5.56 Å². The molecule has 10 heteroatoms. The van der Waals surface area contributed by atoms with Crippen molar-refractivity contribution in [1.29, 1.82) is 10.5 Å². The van der Waals surface area contributed by atoms with Gasteiger partial charge in [0.2, 0.25) is 0 Å². The van der Waals surface area contributed by atoms with Crippen molar-refractivity contribution in [1.82, 2.24) is 24.1 Å². The summed E-state index contributed by atoms with van der Waals surface area (Å²) in [6.45, 7) is 10.1. The van der Waals surface area contributed by atoms with Crippen molar-refractivity contribution in [2.45, 2.75) is 58.7 Å². The van der Waals surface area contributed by atoms with Crippen LogP contribution in [0.15, 0.2) is 29.2 Å². The van der Waals surface area contributed by atoms with E-state index in [-0.39, 0.29) is 35.7 Å². The molecule has 5 rings (SSSR count). The summed E-state index contributed by atoms with van der Waals surface area (Å²) in [5.74, 6) is 0. The lowest BCUT2D eigenvalue weighted by atomic mass is 9.98. The highest BCUT2D eigenvalue weighted by atomic mass is 32.1. The number of fused-ring (bicyclic) bond motifs is 2. The summed E-state index contributed by atoms with van der Waals surface area (Å²) in [6, 6.07) is 11.3. The molecular weight excluding hydrogens is 484 g/mol. The summed E-state index contributed by atoms with van der Waals surface area (Å²) in [5.41, 5.74) is 3.73. The molecule has 1 saturated heterocycles. The Kier molecular flexibility index (Phi) is 6.49. The first-order chi connectivity index (χ1) is 17.8. The predicted octanol–water partition coefficient (Wildman–Crippen LogP) is 3.94. The van der Waals surface area contributed by atoms with Crippen LogP contribution in [0, 0.1) is 29.6 Å². The Morgan fingerprint density at radius 2 is 2.03 bits per heavy atom. The van der Waals surface area contributed by atoms with E-state index in [1.807, 2.05) is 6.92 Å². The molecule has 3 atom stereocenters. The lowest BCUT2D eigenvalue weighted by Crippen LogP contribution is -2.58. The van der Waals surface area contributed by atoms with Crippen LogP contribution in [0.1, 0.15) is 55.1 Å². The zero-order chi connectivity index (χ0) is 26.4. The van der Waals surface area contributed by atoms with Crippen LogP contribution in [0.2, 0.25) is 0 Å². The summed E-state index contributed by atoms with van der Waals surface area (Å²) < 4.78 is 4.27. The number of rotatable bonds is 5. The Hall–Kier alpha value is -3.73. The Morgan fingerprint density at radius 3 is 2.73 bits per heavy atom. The number of nitrogens with zero attached hydrogens (tertiary/aromatic N) is 8. The second-order valence-electron chi connectivity index (χ2n) is 9.80. The number of imidazole rings is 1. The number of piperazine rings is 1. The first kappa shape index (κ1) is 24.9. The molecule has 0 spiro atoms. The number of nitriles is 2. The third-order valence-electron chi connectivity index (χ3n) is 7.54. The summed E-state index contributed by atoms with van der Waals surface area (Å²) >= 11 is 1.72. The normalized spacial score (nSPS) is 19.3. The van der Waals surface area contributed by atoms with Gasteiger partial charge in [-0.1, -0.05) is 13.0 Å². The lowest BCUT2D eigenvalue weighted by molar-refractivity contribution is 0.114. The summed E-state index contributed by atoms with van der Waals surface area (Å²) in [6.07, 6.45) is 2.70. The number of thiazole rings is 1. The van der Waals surface area contributed by atoms with Crippen molar-refractivity contribution in [3.63, 3.8) is 0 Å². The molecule has 4 heterocycles. The van der Waals surface area contributed by atoms with Gasteiger partial charge in [-0.3, -0.25) is 9.69 Å². The van der Waals surface area contributed by atoms with Gasteiger partial charge in [-0.2, -0.15) is 10.5 Å². The molecule has 0 radical (unpaired) electrons. The molecule has 1 aliphatic heterocycles. The molecule has 1 aliphatic rings. The fourth-order valence-corrected chi connectivity index (χ4v) is 6.43. The molecule has 3 aromatic heterocycles. The van der Waals surface area contributed by atoms with Gasteiger partial charge in [-0.05, 0) is 44.9 Å². The lowest BCUT2D eigenvalue weighted by Gasteiger charge is -2.48. The zero-order valence-electron chi connectivity index (χ0n) is 21.8. The van der Waals surface area contributed by atoms with Gasteiger partial charge in [0.1, 0.15) is 17.3 Å². The van der Waals surface area contributed by atoms with Crippen molar-refractivity contribution in [2.75, 3.05) is 18.0 Å². The molecule has 1 unspecified atom stereocenters. The van der Waals surface area contributed by atoms with Crippen molar-refractivity contribution in [3.05, 3.63) is 56.6 Å². The molecule has 4 aromatic rings. The predicted molar refractivity (Wildman–Crippen MR) is 145 cm³/mol. The van der Waals surface area contributed by atoms with Crippen molar-refractivity contribution in [3.8, 4) is 12.1 Å². The van der Waals surface area contributed by atoms with E-state index in [1.165, 1.54) is 14.9 Å². The molecule has 9 nitrogen and oxygen atoms in total. The van der Waals surface area contributed by atoms with Crippen molar-refractivity contribution < 1.29 is 0 Å². The van der Waals surface area contributed by atoms with E-state index in [0.29, 0.717) is 23.6 Å². The van der Waals surface area contributed by atoms with Gasteiger partial charge in [0.15, 0.2) is 5.65 Å². The minimum atomic E-state index is -0.364. The van der Waals surface area contributed by atoms with Gasteiger partial charge in [0, 0.05) is 38.3 Å². The minimum Gasteiger partial charge on any atom is -0.361 e. The maximum atomic E-state index is 13.2. The van der Waals surface area contributed by atoms with E-state index in [0.717, 1.165) is 23.5 Å². The topological polar surface area (TPSA) is 106 Å². The highest BCUT2D eigenvalue weighted by Crippen LogP contribution is 2.35. The standard InChI is InChI=1S/C27H30N8OS/c1-6-21-15-33(17(3)19-7-8-23-24(11-19)37-18(4)30-23)16(2)13-34(21)25-22(12-29)27(36)32(5)35-14-20(9-10-28)31-26(25)35/h7-8,11,14,16-17,21H,6,9,13,15H2,1-5H3/t16-,17?,21+/m1/s1. The van der Waals surface area contributed by atoms with Crippen LogP contribution in [0.3, 0.4) is 0 Å². The molecule has 37 heavy (non-hydrogen) atoms. The summed E-state index contributed by atoms with van der Waals surface area (Å²) in [5, 5.41) is 20.3. The number of aromatic nitrogens is 4. The van der Waals surface area contributed by atoms with Gasteiger partial charge in [0.05, 0.1) is 39.6 Å². The molecule has 0 bridgehead atoms. The maximum absolute atomic E-state index is 13.2. The van der Waals surface area contributed by atoms with E-state index in [2.05, 4.69) is 70.9 Å². The van der Waals surface area contributed by atoms with Gasteiger partial charge in [-0.15, -0.1) is 11.3 Å². The largest absolute Gasteiger partial charge is 0.361 e. The third kappa shape index (κ3) is 4.16. The molecule has 0 saturated carbocycles. The second-order valence-corrected chi connectivity index (χ2v) is 11.0. The Balaban J connectivity index is 1.54. The SMILES string of the molecule is CC[C@H]1CN(C(C)c2ccc3nc(C)sc3c2)[C@H](C)CN1c1c(C#N)c(=O)n(C)n2cc(CC#N)nc12. The molecular formula is C27H30N8OS. The highest BCUT2D eigenvalue weighted by molar-refractivity contribution is 7.18. The fraction of sp³-hybridized carbons (Fsp3) is 0.444. The molecule has 0 amide bonds. The van der Waals surface area contributed by atoms with Crippen molar-refractivity contribution >= 4 is 32.9 Å². The molecule has 0 aliphatic carbocycles. The van der Waals surface area contributed by atoms with Crippen LogP contribution >= 0.6 is 11.3 Å². The van der Waals surface area contributed by atoms with Crippen LogP contribution in [0.4, 0.5) is 5.69 Å². The number of anilines is 1. The van der Waals surface area contributed by atoms with Crippen molar-refractivity contribution in [2.24, 2.45) is 7.05 Å². The van der Waals surface area contributed by atoms with Crippen LogP contribution in [-0.4, -0.2) is 49.2 Å². The van der Waals surface area contributed by atoms with E-state index >= 15 is 0 Å². The van der Waals surface area contributed by atoms with E-state index in [9.17, 15) is 15.3 Å². The Labute approximate surface area is 219 Å². The Morgan fingerprint density at radius 1 is 1.24 bits per heavy atom. The number of hydrogen-bond acceptors (Lipinski definition) is 8. The van der Waals surface area contributed by atoms with E-state index in [4.69, 9.17) is 0 Å². The van der Waals surface area contributed by atoms with E-state index in [1.54, 1.807) is 29.1 Å². The minimum absolute atomic E-state index is 0.0900. The number of aryl methyl sites for hydroxylation is 2. The van der Waals surface area contributed by atoms with Gasteiger partial charge >= 0.3 is 0 Å². The average molecular weight is 515 g/mol. The van der Waals surface area contributed by atoms with Crippen LogP contribution in [0.25, 0.3) is 15.9 Å². The summed E-state index contributed by atoms with van der Waals surface area (Å²) in [7, 11) is 1.62. The fourth-order valence-electron chi connectivity index (χ4n) is 5.55. The molecule has 190 valence electrons. The number of benzene rings is 1. The quantitative estimate of drug-likeness (QED) is 0.397. The van der Waals surface area contributed by atoms with Crippen LogP contribution in [0.5, 0.6) is 0 Å². The molecule has 1 aromatic carbocycles. The molecule has 1 fully saturated rings. The summed E-state index contributed by atoms with van der Waals surface area (Å²) in [4.78, 5) is 27.2. The smallest absolute Gasteiger partial charge is 0.285 e.